The third-order valence-electron chi connectivity index (χ3n) is 2.12. The topological polar surface area (TPSA) is 51.4 Å². The molecule has 0 saturated carbocycles. The fourth-order valence-electron chi connectivity index (χ4n) is 1.51. The van der Waals surface area contributed by atoms with Crippen molar-refractivity contribution in [3.8, 4) is 0 Å². The van der Waals surface area contributed by atoms with Gasteiger partial charge in [0.2, 0.25) is 0 Å². The van der Waals surface area contributed by atoms with Crippen molar-refractivity contribution in [2.75, 3.05) is 0 Å². The van der Waals surface area contributed by atoms with Crippen LogP contribution in [-0.4, -0.2) is 17.8 Å². The summed E-state index contributed by atoms with van der Waals surface area (Å²) < 4.78 is 36.2. The first-order valence-corrected chi connectivity index (χ1v) is 5.83. The predicted molar refractivity (Wildman–Crippen MR) is 52.9 cm³/mol. The number of nitrogens with zero attached hydrogens (tertiary/aromatic N) is 2. The van der Waals surface area contributed by atoms with Crippen LogP contribution in [0.3, 0.4) is 0 Å². The van der Waals surface area contributed by atoms with Crippen LogP contribution in [0.4, 0.5) is 3.89 Å². The summed E-state index contributed by atoms with van der Waals surface area (Å²) >= 11 is 0. The second-order valence-corrected chi connectivity index (χ2v) is 4.35. The summed E-state index contributed by atoms with van der Waals surface area (Å²) in [6.45, 7) is 1.73. The lowest BCUT2D eigenvalue weighted by Gasteiger charge is -1.97. The van der Waals surface area contributed by atoms with Crippen molar-refractivity contribution in [2.45, 2.75) is 18.4 Å². The van der Waals surface area contributed by atoms with Crippen molar-refractivity contribution in [3.05, 3.63) is 30.1 Å². The Labute approximate surface area is 86.6 Å². The fourth-order valence-corrected chi connectivity index (χ4v) is 2.37. The van der Waals surface area contributed by atoms with Gasteiger partial charge in [0.05, 0.1) is 5.69 Å². The summed E-state index contributed by atoms with van der Waals surface area (Å²) in [7, 11) is -4.73. The largest absolute Gasteiger partial charge is 0.350 e. The number of aromatic nitrogens is 2. The zero-order valence-electron chi connectivity index (χ0n) is 8.01. The molecule has 0 fully saturated rings. The Hall–Kier alpha value is -1.43. The number of imidazole rings is 1. The van der Waals surface area contributed by atoms with Gasteiger partial charge >= 0.3 is 10.2 Å². The first-order valence-electron chi connectivity index (χ1n) is 4.44. The van der Waals surface area contributed by atoms with Gasteiger partial charge in [-0.25, -0.2) is 4.98 Å². The second-order valence-electron chi connectivity index (χ2n) is 3.08. The molecule has 0 amide bonds. The molecular weight excluding hydrogens is 219 g/mol. The molecule has 0 unspecified atom stereocenters. The molecule has 0 N–H and O–H groups in total. The molecule has 6 heteroatoms. The van der Waals surface area contributed by atoms with E-state index in [-0.39, 0.29) is 10.7 Å². The van der Waals surface area contributed by atoms with Gasteiger partial charge in [0, 0.05) is 6.20 Å². The molecule has 4 nitrogen and oxygen atoms in total. The smallest absolute Gasteiger partial charge is 0.288 e. The molecule has 80 valence electrons. The Morgan fingerprint density at radius 3 is 2.80 bits per heavy atom. The normalized spacial score (nSPS) is 12.1. The van der Waals surface area contributed by atoms with Crippen LogP contribution in [0.25, 0.3) is 5.65 Å². The Kier molecular flexibility index (Phi) is 2.22. The van der Waals surface area contributed by atoms with E-state index in [0.29, 0.717) is 12.1 Å². The Balaban J connectivity index is 2.91. The van der Waals surface area contributed by atoms with E-state index in [1.807, 2.05) is 0 Å². The molecule has 2 aromatic heterocycles. The monoisotopic (exact) mass is 228 g/mol. The molecule has 0 bridgehead atoms. The van der Waals surface area contributed by atoms with Crippen molar-refractivity contribution < 1.29 is 12.3 Å². The van der Waals surface area contributed by atoms with Gasteiger partial charge in [-0.15, -0.1) is 0 Å². The van der Waals surface area contributed by atoms with Crippen LogP contribution in [-0.2, 0) is 16.6 Å². The Bertz CT molecular complexity index is 604. The minimum Gasteiger partial charge on any atom is -0.288 e. The highest BCUT2D eigenvalue weighted by Gasteiger charge is 2.23. The molecule has 0 spiro atoms. The standard InChI is InChI=1S/C9H9FN2O2S/c1-2-7-9(15(10,13)14)12-6-4-3-5-8(12)11-7/h3-6H,2H2,1H3. The van der Waals surface area contributed by atoms with Gasteiger partial charge in [-0.3, -0.25) is 4.40 Å². The minimum absolute atomic E-state index is 0.253. The van der Waals surface area contributed by atoms with Crippen molar-refractivity contribution >= 4 is 15.9 Å². The van der Waals surface area contributed by atoms with Crippen LogP contribution in [0.1, 0.15) is 12.6 Å². The highest BCUT2D eigenvalue weighted by atomic mass is 32.3. The number of rotatable bonds is 2. The maximum absolute atomic E-state index is 13.0. The molecule has 0 aromatic carbocycles. The predicted octanol–water partition coefficient (Wildman–Crippen LogP) is 1.55. The van der Waals surface area contributed by atoms with E-state index in [2.05, 4.69) is 4.98 Å². The molecule has 2 heterocycles. The van der Waals surface area contributed by atoms with Gasteiger partial charge in [0.15, 0.2) is 5.03 Å². The van der Waals surface area contributed by atoms with E-state index >= 15 is 0 Å². The van der Waals surface area contributed by atoms with Crippen LogP contribution >= 0.6 is 0 Å². The van der Waals surface area contributed by atoms with Gasteiger partial charge in [-0.2, -0.15) is 8.42 Å². The maximum Gasteiger partial charge on any atom is 0.350 e. The first-order chi connectivity index (χ1) is 7.04. The lowest BCUT2D eigenvalue weighted by Crippen LogP contribution is -2.00. The quantitative estimate of drug-likeness (QED) is 0.733. The number of hydrogen-bond acceptors (Lipinski definition) is 3. The van der Waals surface area contributed by atoms with E-state index in [1.165, 1.54) is 10.6 Å². The molecule has 0 aliphatic heterocycles. The van der Waals surface area contributed by atoms with Gasteiger partial charge in [0.1, 0.15) is 5.65 Å². The summed E-state index contributed by atoms with van der Waals surface area (Å²) in [6.07, 6.45) is 1.86. The zero-order chi connectivity index (χ0) is 11.1. The summed E-state index contributed by atoms with van der Waals surface area (Å²) in [6, 6.07) is 4.98. The highest BCUT2D eigenvalue weighted by molar-refractivity contribution is 7.86. The number of aryl methyl sites for hydroxylation is 1. The highest BCUT2D eigenvalue weighted by Crippen LogP contribution is 2.20. The van der Waals surface area contributed by atoms with Gasteiger partial charge < -0.3 is 0 Å². The molecule has 0 atom stereocenters. The molecule has 0 radical (unpaired) electrons. The maximum atomic E-state index is 13.0. The SMILES string of the molecule is CCc1nc2ccccn2c1S(=O)(=O)F. The first kappa shape index (κ1) is 10.1. The number of halogens is 1. The molecule has 2 rings (SSSR count). The summed E-state index contributed by atoms with van der Waals surface area (Å²) in [4.78, 5) is 4.04. The van der Waals surface area contributed by atoms with Crippen LogP contribution in [0.15, 0.2) is 29.4 Å². The molecule has 0 aliphatic carbocycles. The van der Waals surface area contributed by atoms with Crippen LogP contribution in [0.5, 0.6) is 0 Å². The minimum atomic E-state index is -4.73. The third-order valence-corrected chi connectivity index (χ3v) is 3.01. The van der Waals surface area contributed by atoms with E-state index in [1.54, 1.807) is 25.1 Å². The van der Waals surface area contributed by atoms with E-state index in [9.17, 15) is 12.3 Å². The zero-order valence-corrected chi connectivity index (χ0v) is 8.83. The number of hydrogen-bond donors (Lipinski definition) is 0. The molecule has 0 aliphatic rings. The van der Waals surface area contributed by atoms with Crippen LogP contribution in [0, 0.1) is 0 Å². The lowest BCUT2D eigenvalue weighted by atomic mass is 10.4. The Morgan fingerprint density at radius 1 is 1.47 bits per heavy atom. The van der Waals surface area contributed by atoms with Gasteiger partial charge in [0.25, 0.3) is 0 Å². The van der Waals surface area contributed by atoms with Crippen molar-refractivity contribution in [2.24, 2.45) is 0 Å². The van der Waals surface area contributed by atoms with E-state index in [4.69, 9.17) is 0 Å². The van der Waals surface area contributed by atoms with Crippen molar-refractivity contribution in [1.82, 2.24) is 9.38 Å². The van der Waals surface area contributed by atoms with Crippen LogP contribution in [0.2, 0.25) is 0 Å². The third kappa shape index (κ3) is 1.61. The lowest BCUT2D eigenvalue weighted by molar-refractivity contribution is 0.545. The summed E-state index contributed by atoms with van der Waals surface area (Å²) in [5, 5.41) is -0.361. The average molecular weight is 228 g/mol. The molecular formula is C9H9FN2O2S. The van der Waals surface area contributed by atoms with Crippen LogP contribution < -0.4 is 0 Å². The van der Waals surface area contributed by atoms with E-state index in [0.717, 1.165) is 0 Å². The van der Waals surface area contributed by atoms with Crippen molar-refractivity contribution in [1.29, 1.82) is 0 Å². The average Bonchev–Trinajstić information content (AvgIpc) is 2.54. The molecule has 15 heavy (non-hydrogen) atoms. The number of fused-ring (bicyclic) bond motifs is 1. The van der Waals surface area contributed by atoms with E-state index < -0.39 is 10.2 Å². The van der Waals surface area contributed by atoms with Gasteiger partial charge in [-0.05, 0) is 18.6 Å². The summed E-state index contributed by atoms with van der Waals surface area (Å²) in [5.74, 6) is 0. The molecule has 0 saturated heterocycles. The Morgan fingerprint density at radius 2 is 2.20 bits per heavy atom. The molecule has 2 aromatic rings. The summed E-state index contributed by atoms with van der Waals surface area (Å²) in [5.41, 5.74) is 0.689. The van der Waals surface area contributed by atoms with Crippen molar-refractivity contribution in [3.63, 3.8) is 0 Å². The number of pyridine rings is 1. The fraction of sp³-hybridized carbons (Fsp3) is 0.222. The van der Waals surface area contributed by atoms with Gasteiger partial charge in [-0.1, -0.05) is 16.9 Å². The second kappa shape index (κ2) is 3.30.